The van der Waals surface area contributed by atoms with Crippen LogP contribution in [0.25, 0.3) is 0 Å². The van der Waals surface area contributed by atoms with Crippen molar-refractivity contribution in [3.8, 4) is 6.07 Å². The summed E-state index contributed by atoms with van der Waals surface area (Å²) in [6.07, 6.45) is 0. The van der Waals surface area contributed by atoms with Crippen molar-refractivity contribution in [3.63, 3.8) is 0 Å². The molecule has 1 atom stereocenters. The van der Waals surface area contributed by atoms with Gasteiger partial charge in [0.05, 0.1) is 11.6 Å². The van der Waals surface area contributed by atoms with E-state index >= 15 is 0 Å². The van der Waals surface area contributed by atoms with Crippen molar-refractivity contribution >= 4 is 5.97 Å². The smallest absolute Gasteiger partial charge is 0.325 e. The molecule has 0 radical (unpaired) electrons. The van der Waals surface area contributed by atoms with E-state index in [4.69, 9.17) is 5.26 Å². The quantitative estimate of drug-likeness (QED) is 0.872. The molecule has 4 heteroatoms. The lowest BCUT2D eigenvalue weighted by molar-refractivity contribution is -0.139. The van der Waals surface area contributed by atoms with Gasteiger partial charge in [0.1, 0.15) is 6.04 Å². The molecule has 2 aromatic rings. The molecule has 0 saturated carbocycles. The number of nitrogens with one attached hydrogen (secondary N) is 1. The number of carbonyl (C=O) groups is 1. The molecule has 0 aliphatic heterocycles. The van der Waals surface area contributed by atoms with E-state index in [0.717, 1.165) is 5.56 Å². The summed E-state index contributed by atoms with van der Waals surface area (Å²) >= 11 is 0. The Balaban J connectivity index is 2.10. The molecule has 20 heavy (non-hydrogen) atoms. The van der Waals surface area contributed by atoms with Crippen LogP contribution in [0.4, 0.5) is 0 Å². The number of carboxylic acid groups (broad SMARTS) is 1. The predicted molar refractivity (Wildman–Crippen MR) is 74.8 cm³/mol. The van der Waals surface area contributed by atoms with Crippen molar-refractivity contribution in [2.75, 3.05) is 0 Å². The molecule has 2 aromatic carbocycles. The first-order chi connectivity index (χ1) is 9.70. The third-order valence-corrected chi connectivity index (χ3v) is 2.95. The molecule has 0 amide bonds. The van der Waals surface area contributed by atoms with Gasteiger partial charge in [-0.2, -0.15) is 5.26 Å². The zero-order chi connectivity index (χ0) is 14.4. The highest BCUT2D eigenvalue weighted by molar-refractivity contribution is 5.75. The highest BCUT2D eigenvalue weighted by Crippen LogP contribution is 2.14. The molecular formula is C16H14N2O2. The summed E-state index contributed by atoms with van der Waals surface area (Å²) in [4.78, 5) is 11.3. The molecule has 100 valence electrons. The number of aliphatic carboxylic acids is 1. The molecule has 0 aliphatic carbocycles. The first-order valence-corrected chi connectivity index (χ1v) is 6.21. The van der Waals surface area contributed by atoms with E-state index in [2.05, 4.69) is 11.4 Å². The minimum absolute atomic E-state index is 0.390. The van der Waals surface area contributed by atoms with Gasteiger partial charge in [-0.25, -0.2) is 0 Å². The van der Waals surface area contributed by atoms with Gasteiger partial charge in [-0.3, -0.25) is 10.1 Å². The van der Waals surface area contributed by atoms with Crippen LogP contribution in [0.2, 0.25) is 0 Å². The second-order valence-corrected chi connectivity index (χ2v) is 4.38. The Morgan fingerprint density at radius 3 is 2.60 bits per heavy atom. The Morgan fingerprint density at radius 1 is 1.20 bits per heavy atom. The highest BCUT2D eigenvalue weighted by atomic mass is 16.4. The fraction of sp³-hybridized carbons (Fsp3) is 0.125. The van der Waals surface area contributed by atoms with Crippen LogP contribution in [0.3, 0.4) is 0 Å². The summed E-state index contributed by atoms with van der Waals surface area (Å²) < 4.78 is 0. The molecule has 4 nitrogen and oxygen atoms in total. The van der Waals surface area contributed by atoms with Crippen LogP contribution in [0.1, 0.15) is 22.7 Å². The van der Waals surface area contributed by atoms with Gasteiger partial charge in [0.25, 0.3) is 0 Å². The number of benzene rings is 2. The predicted octanol–water partition coefficient (Wildman–Crippen LogP) is 2.47. The van der Waals surface area contributed by atoms with E-state index in [1.807, 2.05) is 24.3 Å². The van der Waals surface area contributed by atoms with Crippen LogP contribution in [0, 0.1) is 11.3 Å². The van der Waals surface area contributed by atoms with Crippen molar-refractivity contribution < 1.29 is 9.90 Å². The standard InChI is InChI=1S/C16H14N2O2/c17-10-12-5-4-6-13(9-12)11-18-15(16(19)20)14-7-2-1-3-8-14/h1-9,15,18H,11H2,(H,19,20). The average molecular weight is 266 g/mol. The maximum atomic E-state index is 11.3. The van der Waals surface area contributed by atoms with Crippen LogP contribution >= 0.6 is 0 Å². The van der Waals surface area contributed by atoms with Gasteiger partial charge in [0.15, 0.2) is 0 Å². The summed E-state index contributed by atoms with van der Waals surface area (Å²) in [7, 11) is 0. The van der Waals surface area contributed by atoms with E-state index in [0.29, 0.717) is 17.7 Å². The third-order valence-electron chi connectivity index (χ3n) is 2.95. The van der Waals surface area contributed by atoms with Crippen molar-refractivity contribution in [2.45, 2.75) is 12.6 Å². The Kier molecular flexibility index (Phi) is 4.48. The SMILES string of the molecule is N#Cc1cccc(CNC(C(=O)O)c2ccccc2)c1. The Morgan fingerprint density at radius 2 is 1.95 bits per heavy atom. The van der Waals surface area contributed by atoms with E-state index in [1.165, 1.54) is 0 Å². The van der Waals surface area contributed by atoms with Gasteiger partial charge < -0.3 is 5.11 Å². The number of carboxylic acids is 1. The van der Waals surface area contributed by atoms with Gasteiger partial charge in [-0.15, -0.1) is 0 Å². The van der Waals surface area contributed by atoms with Gasteiger partial charge in [-0.05, 0) is 23.3 Å². The summed E-state index contributed by atoms with van der Waals surface area (Å²) in [5.74, 6) is -0.923. The van der Waals surface area contributed by atoms with Gasteiger partial charge >= 0.3 is 5.97 Å². The summed E-state index contributed by atoms with van der Waals surface area (Å²) in [5, 5.41) is 21.1. The van der Waals surface area contributed by atoms with E-state index in [1.54, 1.807) is 30.3 Å². The van der Waals surface area contributed by atoms with Crippen molar-refractivity contribution in [1.29, 1.82) is 5.26 Å². The van der Waals surface area contributed by atoms with Gasteiger partial charge in [0, 0.05) is 6.54 Å². The number of hydrogen-bond donors (Lipinski definition) is 2. The summed E-state index contributed by atoms with van der Waals surface area (Å²) in [6, 6.07) is 17.4. The summed E-state index contributed by atoms with van der Waals surface area (Å²) in [6.45, 7) is 0.390. The first-order valence-electron chi connectivity index (χ1n) is 6.21. The Hall–Kier alpha value is -2.64. The second kappa shape index (κ2) is 6.50. The fourth-order valence-corrected chi connectivity index (χ4v) is 1.96. The molecule has 1 unspecified atom stereocenters. The molecule has 0 bridgehead atoms. The number of rotatable bonds is 5. The molecular weight excluding hydrogens is 252 g/mol. The highest BCUT2D eigenvalue weighted by Gasteiger charge is 2.18. The lowest BCUT2D eigenvalue weighted by Crippen LogP contribution is -2.28. The third kappa shape index (κ3) is 3.44. The van der Waals surface area contributed by atoms with Crippen molar-refractivity contribution in [1.82, 2.24) is 5.32 Å². The molecule has 2 N–H and O–H groups in total. The normalized spacial score (nSPS) is 11.6. The van der Waals surface area contributed by atoms with Crippen LogP contribution in [-0.2, 0) is 11.3 Å². The van der Waals surface area contributed by atoms with Gasteiger partial charge in [0.2, 0.25) is 0 Å². The average Bonchev–Trinajstić information content (AvgIpc) is 2.48. The maximum Gasteiger partial charge on any atom is 0.325 e. The van der Waals surface area contributed by atoms with E-state index in [9.17, 15) is 9.90 Å². The van der Waals surface area contributed by atoms with E-state index in [-0.39, 0.29) is 0 Å². The van der Waals surface area contributed by atoms with Crippen LogP contribution < -0.4 is 5.32 Å². The van der Waals surface area contributed by atoms with Crippen molar-refractivity contribution in [3.05, 3.63) is 71.3 Å². The minimum Gasteiger partial charge on any atom is -0.480 e. The Labute approximate surface area is 117 Å². The lowest BCUT2D eigenvalue weighted by Gasteiger charge is -2.15. The van der Waals surface area contributed by atoms with Crippen LogP contribution in [0.5, 0.6) is 0 Å². The molecule has 0 aliphatic rings. The monoisotopic (exact) mass is 266 g/mol. The van der Waals surface area contributed by atoms with Crippen LogP contribution in [0.15, 0.2) is 54.6 Å². The molecule has 0 aromatic heterocycles. The largest absolute Gasteiger partial charge is 0.480 e. The molecule has 0 saturated heterocycles. The molecule has 0 heterocycles. The van der Waals surface area contributed by atoms with E-state index < -0.39 is 12.0 Å². The van der Waals surface area contributed by atoms with Crippen molar-refractivity contribution in [2.24, 2.45) is 0 Å². The minimum atomic E-state index is -0.923. The lowest BCUT2D eigenvalue weighted by atomic mass is 10.1. The summed E-state index contributed by atoms with van der Waals surface area (Å²) in [5.41, 5.74) is 2.15. The molecule has 2 rings (SSSR count). The topological polar surface area (TPSA) is 73.1 Å². The number of nitriles is 1. The number of hydrogen-bond acceptors (Lipinski definition) is 3. The fourth-order valence-electron chi connectivity index (χ4n) is 1.96. The number of nitrogens with zero attached hydrogens (tertiary/aromatic N) is 1. The maximum absolute atomic E-state index is 11.3. The zero-order valence-corrected chi connectivity index (χ0v) is 10.8. The Bertz CT molecular complexity index is 632. The van der Waals surface area contributed by atoms with Gasteiger partial charge in [-0.1, -0.05) is 42.5 Å². The zero-order valence-electron chi connectivity index (χ0n) is 10.8. The first kappa shape index (κ1) is 13.8. The van der Waals surface area contributed by atoms with Crippen LogP contribution in [-0.4, -0.2) is 11.1 Å². The molecule has 0 fully saturated rings. The molecule has 0 spiro atoms. The second-order valence-electron chi connectivity index (χ2n) is 4.38.